The summed E-state index contributed by atoms with van der Waals surface area (Å²) in [5, 5.41) is 0. The molecule has 0 radical (unpaired) electrons. The summed E-state index contributed by atoms with van der Waals surface area (Å²) in [6.45, 7) is 1.81. The van der Waals surface area contributed by atoms with Crippen molar-refractivity contribution in [2.45, 2.75) is 45.1 Å². The van der Waals surface area contributed by atoms with E-state index in [1.54, 1.807) is 0 Å². The lowest BCUT2D eigenvalue weighted by molar-refractivity contribution is -0.122. The molecule has 0 aromatic heterocycles. The summed E-state index contributed by atoms with van der Waals surface area (Å²) < 4.78 is 25.2. The first-order valence-corrected chi connectivity index (χ1v) is 6.73. The first-order valence-electron chi connectivity index (χ1n) is 5.08. The molecule has 1 saturated carbocycles. The Balaban J connectivity index is 2.54. The zero-order chi connectivity index (χ0) is 10.6. The molecule has 0 aromatic rings. The summed E-state index contributed by atoms with van der Waals surface area (Å²) in [5.41, 5.74) is 0. The zero-order valence-corrected chi connectivity index (χ0v) is 9.27. The molecule has 4 nitrogen and oxygen atoms in total. The first kappa shape index (κ1) is 11.7. The fraction of sp³-hybridized carbons (Fsp3) is 0.889. The molecule has 14 heavy (non-hydrogen) atoms. The summed E-state index contributed by atoms with van der Waals surface area (Å²) >= 11 is 0. The van der Waals surface area contributed by atoms with Crippen LogP contribution >= 0.6 is 0 Å². The second-order valence-corrected chi connectivity index (χ2v) is 5.57. The molecule has 0 spiro atoms. The number of nitrogens with one attached hydrogen (secondary N) is 1. The minimum Gasteiger partial charge on any atom is -0.298 e. The fourth-order valence-electron chi connectivity index (χ4n) is 1.65. The average molecular weight is 219 g/mol. The van der Waals surface area contributed by atoms with Crippen LogP contribution in [0.25, 0.3) is 0 Å². The van der Waals surface area contributed by atoms with Crippen molar-refractivity contribution in [3.8, 4) is 0 Å². The van der Waals surface area contributed by atoms with Crippen LogP contribution in [0.1, 0.15) is 39.0 Å². The summed E-state index contributed by atoms with van der Waals surface area (Å²) in [4.78, 5) is 11.3. The number of Topliss-reactive ketones (excluding diaryl/α,β-unsaturated/α-hetero) is 1. The van der Waals surface area contributed by atoms with Gasteiger partial charge in [-0.2, -0.15) is 0 Å². The van der Waals surface area contributed by atoms with Gasteiger partial charge >= 0.3 is 0 Å². The molecule has 0 saturated heterocycles. The van der Waals surface area contributed by atoms with Gasteiger partial charge in [-0.3, -0.25) is 4.79 Å². The molecule has 1 unspecified atom stereocenters. The minimum absolute atomic E-state index is 0.0379. The van der Waals surface area contributed by atoms with Crippen LogP contribution in [0.5, 0.6) is 0 Å². The van der Waals surface area contributed by atoms with Crippen LogP contribution in [0.3, 0.4) is 0 Å². The number of ketones is 1. The number of rotatable bonds is 4. The summed E-state index contributed by atoms with van der Waals surface area (Å²) in [5.74, 6) is 0.146. The first-order chi connectivity index (χ1) is 6.55. The third-order valence-electron chi connectivity index (χ3n) is 2.35. The van der Waals surface area contributed by atoms with Crippen molar-refractivity contribution in [3.05, 3.63) is 0 Å². The Kier molecular flexibility index (Phi) is 4.07. The highest BCUT2D eigenvalue weighted by molar-refractivity contribution is 7.89. The molecule has 1 atom stereocenters. The topological polar surface area (TPSA) is 63.2 Å². The van der Waals surface area contributed by atoms with Crippen molar-refractivity contribution in [1.82, 2.24) is 4.72 Å². The molecular weight excluding hydrogens is 202 g/mol. The number of hydrogen-bond donors (Lipinski definition) is 1. The normalized spacial score (nSPS) is 23.8. The molecule has 1 aliphatic carbocycles. The van der Waals surface area contributed by atoms with Gasteiger partial charge in [-0.05, 0) is 19.3 Å². The van der Waals surface area contributed by atoms with Crippen molar-refractivity contribution in [1.29, 1.82) is 0 Å². The van der Waals surface area contributed by atoms with E-state index < -0.39 is 16.1 Å². The maximum atomic E-state index is 11.4. The SMILES string of the molecule is CCCS(=O)(=O)NC1CCCCC1=O. The summed E-state index contributed by atoms with van der Waals surface area (Å²) in [6, 6.07) is -0.458. The van der Waals surface area contributed by atoms with E-state index in [-0.39, 0.29) is 11.5 Å². The quantitative estimate of drug-likeness (QED) is 0.761. The number of sulfonamides is 1. The van der Waals surface area contributed by atoms with Crippen molar-refractivity contribution in [2.24, 2.45) is 0 Å². The molecule has 0 amide bonds. The lowest BCUT2D eigenvalue weighted by atomic mass is 9.95. The maximum Gasteiger partial charge on any atom is 0.212 e. The van der Waals surface area contributed by atoms with Crippen molar-refractivity contribution < 1.29 is 13.2 Å². The molecule has 1 rings (SSSR count). The van der Waals surface area contributed by atoms with Gasteiger partial charge in [-0.25, -0.2) is 13.1 Å². The van der Waals surface area contributed by atoms with Crippen LogP contribution in [0.4, 0.5) is 0 Å². The van der Waals surface area contributed by atoms with Crippen molar-refractivity contribution in [3.63, 3.8) is 0 Å². The number of carbonyl (C=O) groups is 1. The Labute approximate surface area is 85.1 Å². The molecule has 1 fully saturated rings. The van der Waals surface area contributed by atoms with Gasteiger partial charge in [0.05, 0.1) is 11.8 Å². The maximum absolute atomic E-state index is 11.4. The van der Waals surface area contributed by atoms with Gasteiger partial charge in [0.1, 0.15) is 0 Å². The van der Waals surface area contributed by atoms with E-state index in [9.17, 15) is 13.2 Å². The lowest BCUT2D eigenvalue weighted by Gasteiger charge is -2.21. The Bertz CT molecular complexity index is 297. The number of hydrogen-bond acceptors (Lipinski definition) is 3. The van der Waals surface area contributed by atoms with Crippen LogP contribution in [-0.2, 0) is 14.8 Å². The monoisotopic (exact) mass is 219 g/mol. The van der Waals surface area contributed by atoms with Crippen LogP contribution in [0.2, 0.25) is 0 Å². The van der Waals surface area contributed by atoms with Gasteiger partial charge in [0, 0.05) is 6.42 Å². The van der Waals surface area contributed by atoms with E-state index >= 15 is 0 Å². The molecule has 82 valence electrons. The molecule has 0 aliphatic heterocycles. The highest BCUT2D eigenvalue weighted by Gasteiger charge is 2.25. The van der Waals surface area contributed by atoms with Gasteiger partial charge in [-0.1, -0.05) is 13.3 Å². The van der Waals surface area contributed by atoms with Gasteiger partial charge in [0.25, 0.3) is 0 Å². The largest absolute Gasteiger partial charge is 0.298 e. The predicted octanol–water partition coefficient (Wildman–Crippen LogP) is 0.827. The molecule has 1 aliphatic rings. The van der Waals surface area contributed by atoms with Crippen molar-refractivity contribution in [2.75, 3.05) is 5.75 Å². The fourth-order valence-corrected chi connectivity index (χ4v) is 2.99. The van der Waals surface area contributed by atoms with Crippen LogP contribution in [-0.4, -0.2) is 26.0 Å². The molecule has 5 heteroatoms. The molecule has 0 aromatic carbocycles. The smallest absolute Gasteiger partial charge is 0.212 e. The van der Waals surface area contributed by atoms with Crippen LogP contribution in [0.15, 0.2) is 0 Å². The third kappa shape index (κ3) is 3.38. The highest BCUT2D eigenvalue weighted by atomic mass is 32.2. The minimum atomic E-state index is -3.24. The molecule has 0 bridgehead atoms. The highest BCUT2D eigenvalue weighted by Crippen LogP contribution is 2.15. The van der Waals surface area contributed by atoms with E-state index in [1.165, 1.54) is 0 Å². The Morgan fingerprint density at radius 2 is 2.14 bits per heavy atom. The average Bonchev–Trinajstić information content (AvgIpc) is 2.08. The Morgan fingerprint density at radius 1 is 1.43 bits per heavy atom. The van der Waals surface area contributed by atoms with Gasteiger partial charge in [0.15, 0.2) is 5.78 Å². The summed E-state index contributed by atoms with van der Waals surface area (Å²) in [6.07, 6.45) is 3.58. The van der Waals surface area contributed by atoms with E-state index in [1.807, 2.05) is 6.92 Å². The van der Waals surface area contributed by atoms with Crippen LogP contribution in [0, 0.1) is 0 Å². The zero-order valence-electron chi connectivity index (χ0n) is 8.45. The molecule has 0 heterocycles. The Hall–Kier alpha value is -0.420. The number of carbonyl (C=O) groups excluding carboxylic acids is 1. The lowest BCUT2D eigenvalue weighted by Crippen LogP contribution is -2.43. The van der Waals surface area contributed by atoms with E-state index in [0.29, 0.717) is 19.3 Å². The van der Waals surface area contributed by atoms with Crippen molar-refractivity contribution >= 4 is 15.8 Å². The third-order valence-corrected chi connectivity index (χ3v) is 3.94. The predicted molar refractivity (Wildman–Crippen MR) is 54.5 cm³/mol. The van der Waals surface area contributed by atoms with Crippen LogP contribution < -0.4 is 4.72 Å². The Morgan fingerprint density at radius 3 is 2.71 bits per heavy atom. The van der Waals surface area contributed by atoms with Gasteiger partial charge < -0.3 is 0 Å². The van der Waals surface area contributed by atoms with Gasteiger partial charge in [-0.15, -0.1) is 0 Å². The summed E-state index contributed by atoms with van der Waals surface area (Å²) in [7, 11) is -3.24. The van der Waals surface area contributed by atoms with E-state index in [0.717, 1.165) is 12.8 Å². The van der Waals surface area contributed by atoms with E-state index in [4.69, 9.17) is 0 Å². The second-order valence-electron chi connectivity index (χ2n) is 3.70. The van der Waals surface area contributed by atoms with E-state index in [2.05, 4.69) is 4.72 Å². The standard InChI is InChI=1S/C9H17NO3S/c1-2-7-14(12,13)10-8-5-3-4-6-9(8)11/h8,10H,2-7H2,1H3. The molecular formula is C9H17NO3S. The van der Waals surface area contributed by atoms with Gasteiger partial charge in [0.2, 0.25) is 10.0 Å². The second kappa shape index (κ2) is 4.89. The molecule has 1 N–H and O–H groups in total.